The van der Waals surface area contributed by atoms with Crippen LogP contribution in [0.4, 0.5) is 5.82 Å². The topological polar surface area (TPSA) is 118 Å². The third-order valence-electron chi connectivity index (χ3n) is 3.55. The molecule has 0 atom stereocenters. The van der Waals surface area contributed by atoms with Crippen molar-refractivity contribution in [2.24, 2.45) is 0 Å². The van der Waals surface area contributed by atoms with Crippen LogP contribution in [-0.4, -0.2) is 39.7 Å². The Morgan fingerprint density at radius 1 is 1.04 bits per heavy atom. The predicted molar refractivity (Wildman–Crippen MR) is 98.6 cm³/mol. The average Bonchev–Trinajstić information content (AvgIpc) is 2.65. The summed E-state index contributed by atoms with van der Waals surface area (Å²) in [5, 5.41) is 12.0. The minimum absolute atomic E-state index is 0.0270. The zero-order valence-corrected chi connectivity index (χ0v) is 15.7. The number of hydrogen-bond donors (Lipinski definition) is 0. The Bertz CT molecular complexity index is 949. The number of sulfone groups is 1. The Hall–Kier alpha value is -3.14. The first-order valence-corrected chi connectivity index (χ1v) is 9.33. The summed E-state index contributed by atoms with van der Waals surface area (Å²) in [7, 11) is 0.424. The molecule has 144 valence electrons. The van der Waals surface area contributed by atoms with Crippen LogP contribution in [0.15, 0.2) is 35.7 Å². The van der Waals surface area contributed by atoms with Gasteiger partial charge in [0.1, 0.15) is 17.3 Å². The van der Waals surface area contributed by atoms with Crippen molar-refractivity contribution in [3.8, 4) is 17.2 Å². The molecular weight excluding hydrogens is 376 g/mol. The normalized spacial score (nSPS) is 11.4. The van der Waals surface area contributed by atoms with Crippen molar-refractivity contribution in [1.29, 1.82) is 0 Å². The third-order valence-corrected chi connectivity index (χ3v) is 4.80. The molecule has 0 radical (unpaired) electrons. The molecule has 0 unspecified atom stereocenters. The summed E-state index contributed by atoms with van der Waals surface area (Å²) in [6.07, 6.45) is 1.35. The molecule has 0 spiro atoms. The van der Waals surface area contributed by atoms with Gasteiger partial charge in [0.25, 0.3) is 0 Å². The van der Waals surface area contributed by atoms with Crippen molar-refractivity contribution >= 4 is 21.7 Å². The maximum atomic E-state index is 12.4. The fourth-order valence-corrected chi connectivity index (χ4v) is 3.33. The van der Waals surface area contributed by atoms with E-state index in [2.05, 4.69) is 4.98 Å². The van der Waals surface area contributed by atoms with Crippen LogP contribution < -0.4 is 14.2 Å². The minimum Gasteiger partial charge on any atom is -0.496 e. The fourth-order valence-electron chi connectivity index (χ4n) is 2.32. The summed E-state index contributed by atoms with van der Waals surface area (Å²) in [4.78, 5) is 14.1. The number of pyridine rings is 1. The molecule has 0 saturated carbocycles. The summed E-state index contributed by atoms with van der Waals surface area (Å²) in [5.41, 5.74) is 0.485. The highest BCUT2D eigenvalue weighted by Crippen LogP contribution is 2.30. The van der Waals surface area contributed by atoms with Gasteiger partial charge < -0.3 is 24.3 Å². The molecule has 9 nitrogen and oxygen atoms in total. The lowest BCUT2D eigenvalue weighted by Gasteiger charge is -2.09. The van der Waals surface area contributed by atoms with Crippen LogP contribution in [0.3, 0.4) is 0 Å². The van der Waals surface area contributed by atoms with Gasteiger partial charge >= 0.3 is 5.82 Å². The van der Waals surface area contributed by atoms with E-state index in [9.17, 15) is 18.5 Å². The first kappa shape index (κ1) is 20.2. The van der Waals surface area contributed by atoms with Gasteiger partial charge in [-0.05, 0) is 40.2 Å². The molecule has 2 rings (SSSR count). The second-order valence-corrected chi connectivity index (χ2v) is 7.16. The van der Waals surface area contributed by atoms with Crippen LogP contribution in [-0.2, 0) is 15.6 Å². The summed E-state index contributed by atoms with van der Waals surface area (Å²) in [5.74, 6) is -0.208. The smallest absolute Gasteiger partial charge is 0.406 e. The molecular formula is C17H18N2O7S. The highest BCUT2D eigenvalue weighted by Gasteiger charge is 2.21. The number of nitrogens with zero attached hydrogens (tertiary/aromatic N) is 2. The first-order chi connectivity index (χ1) is 12.8. The summed E-state index contributed by atoms with van der Waals surface area (Å²) >= 11 is 0. The van der Waals surface area contributed by atoms with Gasteiger partial charge in [-0.25, -0.2) is 8.42 Å². The van der Waals surface area contributed by atoms with E-state index in [1.165, 1.54) is 39.5 Å². The van der Waals surface area contributed by atoms with E-state index in [1.54, 1.807) is 18.2 Å². The van der Waals surface area contributed by atoms with Gasteiger partial charge in [0.15, 0.2) is 15.5 Å². The van der Waals surface area contributed by atoms with Gasteiger partial charge in [0, 0.05) is 5.41 Å². The van der Waals surface area contributed by atoms with E-state index >= 15 is 0 Å². The lowest BCUT2D eigenvalue weighted by atomic mass is 10.2. The van der Waals surface area contributed by atoms with E-state index in [0.717, 1.165) is 5.41 Å². The van der Waals surface area contributed by atoms with E-state index in [1.807, 2.05) is 0 Å². The molecule has 0 fully saturated rings. The quantitative estimate of drug-likeness (QED) is 0.495. The summed E-state index contributed by atoms with van der Waals surface area (Å²) < 4.78 is 40.1. The summed E-state index contributed by atoms with van der Waals surface area (Å²) in [6, 6.07) is 7.72. The highest BCUT2D eigenvalue weighted by atomic mass is 32.2. The monoisotopic (exact) mass is 394 g/mol. The van der Waals surface area contributed by atoms with E-state index in [-0.39, 0.29) is 11.4 Å². The number of ether oxygens (including phenoxy) is 3. The molecule has 1 aromatic heterocycles. The van der Waals surface area contributed by atoms with Gasteiger partial charge in [-0.2, -0.15) is 0 Å². The number of benzene rings is 1. The van der Waals surface area contributed by atoms with Crippen molar-refractivity contribution in [3.63, 3.8) is 0 Å². The maximum Gasteiger partial charge on any atom is 0.406 e. The number of aromatic nitrogens is 1. The van der Waals surface area contributed by atoms with Crippen LogP contribution in [0, 0.1) is 10.1 Å². The van der Waals surface area contributed by atoms with Crippen LogP contribution >= 0.6 is 0 Å². The Labute approximate surface area is 156 Å². The second kappa shape index (κ2) is 8.49. The standard InChI is InChI=1S/C17H18N2O7S/c1-24-14-5-4-6-15(25-2)13(14)9-10-27(22,23)11-12-7-8-16(26-3)17(18-12)19(20)21/h4-10H,11H2,1-3H3/b10-9+. The van der Waals surface area contributed by atoms with Crippen LogP contribution in [0.5, 0.6) is 17.2 Å². The lowest BCUT2D eigenvalue weighted by Crippen LogP contribution is -2.05. The van der Waals surface area contributed by atoms with Gasteiger partial charge in [-0.3, -0.25) is 0 Å². The molecule has 0 aliphatic heterocycles. The van der Waals surface area contributed by atoms with Crippen LogP contribution in [0.25, 0.3) is 6.08 Å². The van der Waals surface area contributed by atoms with E-state index in [4.69, 9.17) is 14.2 Å². The molecule has 0 saturated heterocycles. The van der Waals surface area contributed by atoms with Gasteiger partial charge in [-0.1, -0.05) is 6.07 Å². The molecule has 0 bridgehead atoms. The number of methoxy groups -OCH3 is 3. The van der Waals surface area contributed by atoms with Crippen molar-refractivity contribution < 1.29 is 27.6 Å². The molecule has 0 aliphatic rings. The van der Waals surface area contributed by atoms with Gasteiger partial charge in [0.05, 0.1) is 26.9 Å². The number of rotatable bonds is 8. The van der Waals surface area contributed by atoms with E-state index in [0.29, 0.717) is 17.1 Å². The Balaban J connectivity index is 2.32. The third kappa shape index (κ3) is 4.94. The Kier molecular flexibility index (Phi) is 6.35. The number of hydrogen-bond acceptors (Lipinski definition) is 8. The average molecular weight is 394 g/mol. The molecule has 27 heavy (non-hydrogen) atoms. The number of nitro groups is 1. The van der Waals surface area contributed by atoms with Crippen LogP contribution in [0.2, 0.25) is 0 Å². The zero-order valence-electron chi connectivity index (χ0n) is 14.9. The molecule has 2 aromatic rings. The summed E-state index contributed by atoms with van der Waals surface area (Å²) in [6.45, 7) is 0. The van der Waals surface area contributed by atoms with Crippen LogP contribution in [0.1, 0.15) is 11.3 Å². The highest BCUT2D eigenvalue weighted by molar-refractivity contribution is 7.93. The fraction of sp³-hybridized carbons (Fsp3) is 0.235. The lowest BCUT2D eigenvalue weighted by molar-refractivity contribution is -0.390. The van der Waals surface area contributed by atoms with Crippen molar-refractivity contribution in [2.45, 2.75) is 5.75 Å². The predicted octanol–water partition coefficient (Wildman–Crippen LogP) is 2.60. The SMILES string of the molecule is COc1ccc(CS(=O)(=O)/C=C/c2c(OC)cccc2OC)nc1[N+](=O)[O-]. The Morgan fingerprint density at radius 2 is 1.63 bits per heavy atom. The molecule has 0 amide bonds. The Morgan fingerprint density at radius 3 is 2.15 bits per heavy atom. The minimum atomic E-state index is -3.76. The molecule has 10 heteroatoms. The maximum absolute atomic E-state index is 12.4. The molecule has 1 aromatic carbocycles. The van der Waals surface area contributed by atoms with E-state index < -0.39 is 26.3 Å². The zero-order chi connectivity index (χ0) is 20.0. The van der Waals surface area contributed by atoms with Crippen molar-refractivity contribution in [2.75, 3.05) is 21.3 Å². The van der Waals surface area contributed by atoms with Gasteiger partial charge in [0.2, 0.25) is 5.75 Å². The molecule has 0 aliphatic carbocycles. The van der Waals surface area contributed by atoms with Gasteiger partial charge in [-0.15, -0.1) is 0 Å². The molecule has 0 N–H and O–H groups in total. The first-order valence-electron chi connectivity index (χ1n) is 7.61. The second-order valence-electron chi connectivity index (χ2n) is 5.27. The molecule has 1 heterocycles. The van der Waals surface area contributed by atoms with Crippen molar-refractivity contribution in [3.05, 3.63) is 57.1 Å². The largest absolute Gasteiger partial charge is 0.496 e. The van der Waals surface area contributed by atoms with Crippen molar-refractivity contribution in [1.82, 2.24) is 4.98 Å².